The van der Waals surface area contributed by atoms with E-state index in [4.69, 9.17) is 0 Å². The summed E-state index contributed by atoms with van der Waals surface area (Å²) in [6.07, 6.45) is 6.12. The van der Waals surface area contributed by atoms with Crippen molar-refractivity contribution < 1.29 is 0 Å². The molecule has 0 aliphatic rings. The van der Waals surface area contributed by atoms with Gasteiger partial charge in [0.25, 0.3) is 0 Å². The minimum absolute atomic E-state index is 0.605. The molecule has 100 valence electrons. The lowest BCUT2D eigenvalue weighted by Crippen LogP contribution is -2.03. The minimum Gasteiger partial charge on any atom is -0.213 e. The highest BCUT2D eigenvalue weighted by molar-refractivity contribution is 5.68. The highest BCUT2D eigenvalue weighted by atomic mass is 15.0. The molecule has 0 N–H and O–H groups in total. The molecule has 0 atom stereocenters. The maximum atomic E-state index is 4.50. The van der Waals surface area contributed by atoms with Crippen LogP contribution in [-0.4, -0.2) is 15.0 Å². The number of benzene rings is 1. The number of aromatic nitrogens is 3. The summed E-state index contributed by atoms with van der Waals surface area (Å²) >= 11 is 0. The van der Waals surface area contributed by atoms with E-state index in [1.54, 1.807) is 6.08 Å². The van der Waals surface area contributed by atoms with Gasteiger partial charge in [-0.15, -0.1) is 0 Å². The summed E-state index contributed by atoms with van der Waals surface area (Å²) in [4.78, 5) is 13.4. The minimum atomic E-state index is 0.605. The van der Waals surface area contributed by atoms with E-state index in [2.05, 4.69) is 28.1 Å². The van der Waals surface area contributed by atoms with Gasteiger partial charge in [-0.1, -0.05) is 68.6 Å². The fourth-order valence-electron chi connectivity index (χ4n) is 1.70. The second kappa shape index (κ2) is 6.57. The largest absolute Gasteiger partial charge is 0.213 e. The third kappa shape index (κ3) is 3.26. The highest BCUT2D eigenvalue weighted by Gasteiger charge is 2.08. The molecule has 3 heteroatoms. The molecule has 0 aliphatic heterocycles. The van der Waals surface area contributed by atoms with E-state index in [-0.39, 0.29) is 0 Å². The molecular weight excluding hydrogens is 246 g/mol. The van der Waals surface area contributed by atoms with Crippen LogP contribution in [0.3, 0.4) is 0 Å². The van der Waals surface area contributed by atoms with Crippen LogP contribution in [0.2, 0.25) is 0 Å². The van der Waals surface area contributed by atoms with Crippen LogP contribution in [0.5, 0.6) is 0 Å². The molecule has 0 spiro atoms. The quantitative estimate of drug-likeness (QED) is 0.769. The van der Waals surface area contributed by atoms with Crippen LogP contribution in [0.1, 0.15) is 18.6 Å². The van der Waals surface area contributed by atoms with Crippen LogP contribution >= 0.6 is 0 Å². The molecule has 1 aromatic carbocycles. The Kier molecular flexibility index (Phi) is 4.56. The average Bonchev–Trinajstić information content (AvgIpc) is 2.52. The topological polar surface area (TPSA) is 38.7 Å². The van der Waals surface area contributed by atoms with Gasteiger partial charge in [0, 0.05) is 17.6 Å². The molecule has 2 rings (SSSR count). The van der Waals surface area contributed by atoms with E-state index < -0.39 is 0 Å². The van der Waals surface area contributed by atoms with Crippen molar-refractivity contribution in [3.8, 4) is 11.4 Å². The van der Waals surface area contributed by atoms with Gasteiger partial charge in [0.15, 0.2) is 11.6 Å². The lowest BCUT2D eigenvalue weighted by Gasteiger charge is -2.06. The monoisotopic (exact) mass is 263 g/mol. The van der Waals surface area contributed by atoms with E-state index in [9.17, 15) is 0 Å². The number of allylic oxidation sites excluding steroid dienone is 4. The fraction of sp³-hybridized carbons (Fsp3) is 0.118. The average molecular weight is 263 g/mol. The second-order valence-corrected chi connectivity index (χ2v) is 4.24. The number of rotatable bonds is 5. The lowest BCUT2D eigenvalue weighted by molar-refractivity contribution is 0.891. The Morgan fingerprint density at radius 3 is 2.55 bits per heavy atom. The Hall–Kier alpha value is -2.55. The zero-order chi connectivity index (χ0) is 14.4. The van der Waals surface area contributed by atoms with Gasteiger partial charge in [-0.3, -0.25) is 0 Å². The summed E-state index contributed by atoms with van der Waals surface area (Å²) in [7, 11) is 0. The predicted molar refractivity (Wildman–Crippen MR) is 83.0 cm³/mol. The molecule has 0 unspecified atom stereocenters. The van der Waals surface area contributed by atoms with E-state index in [1.165, 1.54) is 0 Å². The number of nitrogens with zero attached hydrogens (tertiary/aromatic N) is 3. The summed E-state index contributed by atoms with van der Waals surface area (Å²) in [5.41, 5.74) is 1.73. The molecule has 0 saturated carbocycles. The first-order valence-electron chi connectivity index (χ1n) is 6.53. The van der Waals surface area contributed by atoms with Crippen LogP contribution in [0.4, 0.5) is 0 Å². The summed E-state index contributed by atoms with van der Waals surface area (Å²) < 4.78 is 0. The second-order valence-electron chi connectivity index (χ2n) is 4.24. The number of hydrogen-bond acceptors (Lipinski definition) is 3. The van der Waals surface area contributed by atoms with Gasteiger partial charge in [-0.25, -0.2) is 15.0 Å². The maximum Gasteiger partial charge on any atom is 0.163 e. The standard InChI is InChI=1S/C17H17N3/c1-4-6-10-13(3)16-18-15(5-2)19-17(20-16)14-11-8-7-9-12-14/h4,6-12H,1,3,5H2,2H3/b10-6-. The van der Waals surface area contributed by atoms with E-state index in [0.29, 0.717) is 11.6 Å². The van der Waals surface area contributed by atoms with Gasteiger partial charge < -0.3 is 0 Å². The van der Waals surface area contributed by atoms with Gasteiger partial charge in [0.05, 0.1) is 0 Å². The van der Waals surface area contributed by atoms with Gasteiger partial charge in [0.2, 0.25) is 0 Å². The maximum absolute atomic E-state index is 4.50. The van der Waals surface area contributed by atoms with Crippen molar-refractivity contribution in [2.75, 3.05) is 0 Å². The predicted octanol–water partition coefficient (Wildman–Crippen LogP) is 3.86. The third-order valence-electron chi connectivity index (χ3n) is 2.75. The molecule has 0 fully saturated rings. The molecule has 0 bridgehead atoms. The summed E-state index contributed by atoms with van der Waals surface area (Å²) in [6.45, 7) is 9.65. The van der Waals surface area contributed by atoms with E-state index in [1.807, 2.05) is 49.4 Å². The molecule has 1 heterocycles. The number of aryl methyl sites for hydroxylation is 1. The first kappa shape index (κ1) is 13.9. The van der Waals surface area contributed by atoms with Crippen molar-refractivity contribution in [2.45, 2.75) is 13.3 Å². The smallest absolute Gasteiger partial charge is 0.163 e. The van der Waals surface area contributed by atoms with E-state index in [0.717, 1.165) is 23.4 Å². The van der Waals surface area contributed by atoms with Gasteiger partial charge in [-0.05, 0) is 0 Å². The van der Waals surface area contributed by atoms with Crippen molar-refractivity contribution in [2.24, 2.45) is 0 Å². The zero-order valence-corrected chi connectivity index (χ0v) is 11.6. The Morgan fingerprint density at radius 2 is 1.90 bits per heavy atom. The molecule has 0 radical (unpaired) electrons. The highest BCUT2D eigenvalue weighted by Crippen LogP contribution is 2.17. The Labute approximate surface area is 119 Å². The lowest BCUT2D eigenvalue weighted by atomic mass is 10.2. The molecule has 0 aliphatic carbocycles. The fourth-order valence-corrected chi connectivity index (χ4v) is 1.70. The van der Waals surface area contributed by atoms with Crippen molar-refractivity contribution in [3.63, 3.8) is 0 Å². The molecule has 3 nitrogen and oxygen atoms in total. The Bertz CT molecular complexity index is 643. The third-order valence-corrected chi connectivity index (χ3v) is 2.75. The van der Waals surface area contributed by atoms with Crippen LogP contribution in [0, 0.1) is 0 Å². The molecule has 20 heavy (non-hydrogen) atoms. The van der Waals surface area contributed by atoms with Crippen molar-refractivity contribution in [3.05, 3.63) is 73.4 Å². The molecule has 2 aromatic rings. The molecule has 0 amide bonds. The summed E-state index contributed by atoms with van der Waals surface area (Å²) in [6, 6.07) is 9.88. The summed E-state index contributed by atoms with van der Waals surface area (Å²) in [5, 5.41) is 0. The zero-order valence-electron chi connectivity index (χ0n) is 11.6. The molecular formula is C17H17N3. The van der Waals surface area contributed by atoms with Crippen molar-refractivity contribution in [1.82, 2.24) is 15.0 Å². The Balaban J connectivity index is 2.47. The first-order chi connectivity index (χ1) is 9.74. The van der Waals surface area contributed by atoms with Crippen LogP contribution in [-0.2, 0) is 6.42 Å². The van der Waals surface area contributed by atoms with Gasteiger partial charge in [-0.2, -0.15) is 0 Å². The van der Waals surface area contributed by atoms with Gasteiger partial charge in [0.1, 0.15) is 5.82 Å². The van der Waals surface area contributed by atoms with Crippen LogP contribution in [0.15, 0.2) is 61.7 Å². The molecule has 1 aromatic heterocycles. The normalized spacial score (nSPS) is 10.7. The molecule has 0 saturated heterocycles. The SMILES string of the molecule is C=C/C=C\C(=C)c1nc(CC)nc(-c2ccccc2)n1. The van der Waals surface area contributed by atoms with Crippen LogP contribution in [0.25, 0.3) is 17.0 Å². The summed E-state index contributed by atoms with van der Waals surface area (Å²) in [5.74, 6) is 2.05. The van der Waals surface area contributed by atoms with Crippen molar-refractivity contribution >= 4 is 5.57 Å². The van der Waals surface area contributed by atoms with Crippen molar-refractivity contribution in [1.29, 1.82) is 0 Å². The van der Waals surface area contributed by atoms with Crippen LogP contribution < -0.4 is 0 Å². The van der Waals surface area contributed by atoms with E-state index >= 15 is 0 Å². The Morgan fingerprint density at radius 1 is 1.15 bits per heavy atom. The first-order valence-corrected chi connectivity index (χ1v) is 6.53. The van der Waals surface area contributed by atoms with Gasteiger partial charge >= 0.3 is 0 Å². The number of hydrogen-bond donors (Lipinski definition) is 0.